The molecular weight excluding hydrogens is 282 g/mol. The first-order chi connectivity index (χ1) is 10.3. The Morgan fingerprint density at radius 1 is 1.00 bits per heavy atom. The Balaban J connectivity index is 2.36. The Labute approximate surface area is 129 Å². The third-order valence-electron chi connectivity index (χ3n) is 2.77. The Morgan fingerprint density at radius 2 is 1.71 bits per heavy atom. The van der Waals surface area contributed by atoms with Crippen LogP contribution in [-0.4, -0.2) is 12.4 Å². The molecule has 3 nitrogen and oxygen atoms in total. The highest BCUT2D eigenvalue weighted by Gasteiger charge is 2.12. The molecule has 0 fully saturated rings. The maximum absolute atomic E-state index is 9.40. The van der Waals surface area contributed by atoms with Gasteiger partial charge in [-0.25, -0.2) is 0 Å². The third kappa shape index (κ3) is 3.71. The minimum atomic E-state index is 0.558. The molecule has 21 heavy (non-hydrogen) atoms. The average Bonchev–Trinajstić information content (AvgIpc) is 2.50. The van der Waals surface area contributed by atoms with E-state index in [2.05, 4.69) is 13.0 Å². The van der Waals surface area contributed by atoms with Gasteiger partial charge in [0.25, 0.3) is 0 Å². The van der Waals surface area contributed by atoms with E-state index in [0.717, 1.165) is 10.6 Å². The number of hydrogen-bond donors (Lipinski definition) is 0. The second-order valence-electron chi connectivity index (χ2n) is 4.16. The summed E-state index contributed by atoms with van der Waals surface area (Å²) in [5.74, 6) is 2.77. The molecule has 0 amide bonds. The minimum Gasteiger partial charge on any atom is -0.490 e. The first-order valence-corrected chi connectivity index (χ1v) is 7.84. The van der Waals surface area contributed by atoms with E-state index < -0.39 is 0 Å². The fourth-order valence-electron chi connectivity index (χ4n) is 1.91. The van der Waals surface area contributed by atoms with Crippen molar-refractivity contribution in [3.05, 3.63) is 48.0 Å². The van der Waals surface area contributed by atoms with Gasteiger partial charge in [-0.05, 0) is 36.9 Å². The van der Waals surface area contributed by atoms with Gasteiger partial charge in [0.15, 0.2) is 11.5 Å². The van der Waals surface area contributed by atoms with Crippen LogP contribution < -0.4 is 9.47 Å². The van der Waals surface area contributed by atoms with Crippen molar-refractivity contribution >= 4 is 11.8 Å². The van der Waals surface area contributed by atoms with E-state index >= 15 is 0 Å². The molecule has 2 aromatic carbocycles. The SMILES string of the molecule is CCOc1ccccc1Oc1cccc(SCC)c1C#N. The lowest BCUT2D eigenvalue weighted by molar-refractivity contribution is 0.321. The van der Waals surface area contributed by atoms with Crippen LogP contribution in [0.5, 0.6) is 17.2 Å². The zero-order chi connectivity index (χ0) is 15.1. The van der Waals surface area contributed by atoms with Crippen molar-refractivity contribution in [1.29, 1.82) is 5.26 Å². The molecule has 0 radical (unpaired) electrons. The van der Waals surface area contributed by atoms with Crippen LogP contribution in [0.4, 0.5) is 0 Å². The molecular formula is C17H17NO2S. The second-order valence-corrected chi connectivity index (χ2v) is 5.46. The molecule has 2 rings (SSSR count). The number of nitriles is 1. The van der Waals surface area contributed by atoms with Crippen LogP contribution in [0.25, 0.3) is 0 Å². The van der Waals surface area contributed by atoms with Gasteiger partial charge in [-0.3, -0.25) is 0 Å². The summed E-state index contributed by atoms with van der Waals surface area (Å²) >= 11 is 1.63. The van der Waals surface area contributed by atoms with Crippen LogP contribution in [0.3, 0.4) is 0 Å². The van der Waals surface area contributed by atoms with Gasteiger partial charge in [-0.1, -0.05) is 25.1 Å². The summed E-state index contributed by atoms with van der Waals surface area (Å²) in [4.78, 5) is 0.936. The van der Waals surface area contributed by atoms with Crippen molar-refractivity contribution < 1.29 is 9.47 Å². The number of ether oxygens (including phenoxy) is 2. The largest absolute Gasteiger partial charge is 0.490 e. The molecule has 0 aromatic heterocycles. The van der Waals surface area contributed by atoms with Crippen molar-refractivity contribution in [3.63, 3.8) is 0 Å². The van der Waals surface area contributed by atoms with Crippen molar-refractivity contribution in [2.45, 2.75) is 18.7 Å². The van der Waals surface area contributed by atoms with Crippen LogP contribution in [-0.2, 0) is 0 Å². The van der Waals surface area contributed by atoms with Crippen LogP contribution in [0.1, 0.15) is 19.4 Å². The highest BCUT2D eigenvalue weighted by Crippen LogP contribution is 2.36. The topological polar surface area (TPSA) is 42.2 Å². The maximum atomic E-state index is 9.40. The predicted octanol–water partition coefficient (Wildman–Crippen LogP) is 4.86. The first kappa shape index (κ1) is 15.3. The van der Waals surface area contributed by atoms with E-state index in [9.17, 15) is 5.26 Å². The van der Waals surface area contributed by atoms with Crippen molar-refractivity contribution in [3.8, 4) is 23.3 Å². The van der Waals surface area contributed by atoms with Gasteiger partial charge in [-0.15, -0.1) is 11.8 Å². The Bertz CT molecular complexity index is 649. The molecule has 0 spiro atoms. The van der Waals surface area contributed by atoms with Crippen LogP contribution in [0.15, 0.2) is 47.4 Å². The zero-order valence-corrected chi connectivity index (χ0v) is 12.9. The van der Waals surface area contributed by atoms with Gasteiger partial charge in [0, 0.05) is 4.90 Å². The number of thioether (sulfide) groups is 1. The molecule has 0 aliphatic heterocycles. The van der Waals surface area contributed by atoms with Gasteiger partial charge in [0.2, 0.25) is 0 Å². The lowest BCUT2D eigenvalue weighted by Crippen LogP contribution is -1.96. The number of benzene rings is 2. The van der Waals surface area contributed by atoms with E-state index in [1.54, 1.807) is 17.8 Å². The lowest BCUT2D eigenvalue weighted by Gasteiger charge is -2.13. The molecule has 0 bridgehead atoms. The summed E-state index contributed by atoms with van der Waals surface area (Å²) in [5.41, 5.74) is 0.565. The zero-order valence-electron chi connectivity index (χ0n) is 12.1. The van der Waals surface area contributed by atoms with E-state index in [4.69, 9.17) is 9.47 Å². The standard InChI is InChI=1S/C17H17NO2S/c1-3-19-15-8-5-6-9-16(15)20-14-10-7-11-17(21-4-2)13(14)12-18/h5-11H,3-4H2,1-2H3. The number of hydrogen-bond acceptors (Lipinski definition) is 4. The number of rotatable bonds is 6. The highest BCUT2D eigenvalue weighted by molar-refractivity contribution is 7.99. The van der Waals surface area contributed by atoms with Crippen LogP contribution >= 0.6 is 11.8 Å². The van der Waals surface area contributed by atoms with Gasteiger partial charge in [-0.2, -0.15) is 5.26 Å². The minimum absolute atomic E-state index is 0.558. The summed E-state index contributed by atoms with van der Waals surface area (Å²) in [6, 6.07) is 15.4. The average molecular weight is 299 g/mol. The van der Waals surface area contributed by atoms with Gasteiger partial charge >= 0.3 is 0 Å². The molecule has 108 valence electrons. The monoisotopic (exact) mass is 299 g/mol. The molecule has 0 unspecified atom stereocenters. The van der Waals surface area contributed by atoms with Crippen molar-refractivity contribution in [2.24, 2.45) is 0 Å². The quantitative estimate of drug-likeness (QED) is 0.714. The Morgan fingerprint density at radius 3 is 2.38 bits per heavy atom. The predicted molar refractivity (Wildman–Crippen MR) is 85.2 cm³/mol. The molecule has 0 N–H and O–H groups in total. The molecule has 0 heterocycles. The number of para-hydroxylation sites is 2. The molecule has 4 heteroatoms. The normalized spacial score (nSPS) is 9.95. The van der Waals surface area contributed by atoms with Crippen molar-refractivity contribution in [1.82, 2.24) is 0 Å². The van der Waals surface area contributed by atoms with Crippen molar-refractivity contribution in [2.75, 3.05) is 12.4 Å². The smallest absolute Gasteiger partial charge is 0.169 e. The van der Waals surface area contributed by atoms with Crippen LogP contribution in [0.2, 0.25) is 0 Å². The van der Waals surface area contributed by atoms with E-state index in [-0.39, 0.29) is 0 Å². The molecule has 0 aliphatic rings. The van der Waals surface area contributed by atoms with E-state index in [1.165, 1.54) is 0 Å². The molecule has 0 aliphatic carbocycles. The van der Waals surface area contributed by atoms with Gasteiger partial charge < -0.3 is 9.47 Å². The maximum Gasteiger partial charge on any atom is 0.169 e. The van der Waals surface area contributed by atoms with Gasteiger partial charge in [0.05, 0.1) is 6.61 Å². The van der Waals surface area contributed by atoms with E-state index in [1.807, 2.05) is 43.3 Å². The van der Waals surface area contributed by atoms with Crippen LogP contribution in [0, 0.1) is 11.3 Å². The van der Waals surface area contributed by atoms with E-state index in [0.29, 0.717) is 29.4 Å². The molecule has 0 saturated heterocycles. The highest BCUT2D eigenvalue weighted by atomic mass is 32.2. The molecule has 2 aromatic rings. The third-order valence-corrected chi connectivity index (χ3v) is 3.71. The summed E-state index contributed by atoms with van der Waals surface area (Å²) in [7, 11) is 0. The summed E-state index contributed by atoms with van der Waals surface area (Å²) in [6.07, 6.45) is 0. The Kier molecular flexibility index (Phi) is 5.53. The summed E-state index contributed by atoms with van der Waals surface area (Å²) in [6.45, 7) is 4.55. The summed E-state index contributed by atoms with van der Waals surface area (Å²) in [5, 5.41) is 9.40. The summed E-state index contributed by atoms with van der Waals surface area (Å²) < 4.78 is 11.5. The first-order valence-electron chi connectivity index (χ1n) is 6.85. The molecule has 0 atom stereocenters. The Hall–Kier alpha value is -2.12. The second kappa shape index (κ2) is 7.61. The fourth-order valence-corrected chi connectivity index (χ4v) is 2.69. The van der Waals surface area contributed by atoms with Gasteiger partial charge in [0.1, 0.15) is 17.4 Å². The lowest BCUT2D eigenvalue weighted by atomic mass is 10.2. The fraction of sp³-hybridized carbons (Fsp3) is 0.235. The number of nitrogens with zero attached hydrogens (tertiary/aromatic N) is 1. The molecule has 0 saturated carbocycles.